The third kappa shape index (κ3) is 2.29. The summed E-state index contributed by atoms with van der Waals surface area (Å²) >= 11 is 1.51. The number of carbonyl (C=O) groups is 2. The van der Waals surface area contributed by atoms with Gasteiger partial charge in [-0.25, -0.2) is 0 Å². The maximum Gasteiger partial charge on any atom is 0.242 e. The van der Waals surface area contributed by atoms with Gasteiger partial charge in [0.05, 0.1) is 10.5 Å². The highest BCUT2D eigenvalue weighted by molar-refractivity contribution is 8.02. The van der Waals surface area contributed by atoms with Crippen molar-refractivity contribution in [3.05, 3.63) is 0 Å². The van der Waals surface area contributed by atoms with Gasteiger partial charge in [0, 0.05) is 0 Å². The zero-order valence-electron chi connectivity index (χ0n) is 8.76. The Morgan fingerprint density at radius 3 is 2.64 bits per heavy atom. The molecule has 0 bridgehead atoms. The molecule has 1 heterocycles. The Labute approximate surface area is 89.0 Å². The van der Waals surface area contributed by atoms with Crippen LogP contribution in [-0.4, -0.2) is 22.3 Å². The van der Waals surface area contributed by atoms with E-state index < -0.39 is 0 Å². The normalized spacial score (nSPS) is 27.6. The molecule has 0 aromatic heterocycles. The third-order valence-corrected chi connectivity index (χ3v) is 4.29. The Hall–Kier alpha value is -0.510. The lowest BCUT2D eigenvalue weighted by atomic mass is 9.97. The van der Waals surface area contributed by atoms with Crippen molar-refractivity contribution in [1.82, 2.24) is 5.32 Å². The molecule has 1 aliphatic rings. The van der Waals surface area contributed by atoms with E-state index in [0.717, 1.165) is 25.7 Å². The van der Waals surface area contributed by atoms with Crippen LogP contribution in [-0.2, 0) is 9.59 Å². The highest BCUT2D eigenvalue weighted by Gasteiger charge is 2.41. The number of thioether (sulfide) groups is 1. The van der Waals surface area contributed by atoms with E-state index in [4.69, 9.17) is 0 Å². The average molecular weight is 215 g/mol. The first-order chi connectivity index (χ1) is 6.64. The molecule has 4 heteroatoms. The zero-order valence-corrected chi connectivity index (χ0v) is 9.58. The van der Waals surface area contributed by atoms with Crippen LogP contribution < -0.4 is 5.32 Å². The number of hydrogen-bond acceptors (Lipinski definition) is 3. The van der Waals surface area contributed by atoms with E-state index in [9.17, 15) is 9.59 Å². The summed E-state index contributed by atoms with van der Waals surface area (Å²) in [4.78, 5) is 22.7. The molecule has 3 nitrogen and oxygen atoms in total. The lowest BCUT2D eigenvalue weighted by Crippen LogP contribution is -2.51. The van der Waals surface area contributed by atoms with E-state index in [-0.39, 0.29) is 16.6 Å². The van der Waals surface area contributed by atoms with Gasteiger partial charge in [-0.2, -0.15) is 0 Å². The van der Waals surface area contributed by atoms with Gasteiger partial charge in [-0.05, 0) is 12.8 Å². The molecule has 0 radical (unpaired) electrons. The molecule has 80 valence electrons. The minimum Gasteiger partial charge on any atom is -0.295 e. The minimum atomic E-state index is -0.343. The molecular weight excluding hydrogens is 198 g/mol. The van der Waals surface area contributed by atoms with Gasteiger partial charge in [-0.1, -0.05) is 26.7 Å². The molecule has 1 unspecified atom stereocenters. The molecule has 1 N–H and O–H groups in total. The topological polar surface area (TPSA) is 46.2 Å². The maximum absolute atomic E-state index is 11.7. The number of unbranched alkanes of at least 4 members (excludes halogenated alkanes) is 1. The molecule has 14 heavy (non-hydrogen) atoms. The van der Waals surface area contributed by atoms with Crippen LogP contribution in [0.25, 0.3) is 0 Å². The fourth-order valence-corrected chi connectivity index (χ4v) is 2.79. The van der Waals surface area contributed by atoms with E-state index >= 15 is 0 Å². The van der Waals surface area contributed by atoms with Gasteiger partial charge >= 0.3 is 0 Å². The van der Waals surface area contributed by atoms with Crippen LogP contribution in [0.3, 0.4) is 0 Å². The highest BCUT2D eigenvalue weighted by Crippen LogP contribution is 2.36. The minimum absolute atomic E-state index is 0.0882. The van der Waals surface area contributed by atoms with Crippen LogP contribution in [0.2, 0.25) is 0 Å². The predicted octanol–water partition coefficient (Wildman–Crippen LogP) is 1.71. The van der Waals surface area contributed by atoms with Gasteiger partial charge in [0.15, 0.2) is 0 Å². The lowest BCUT2D eigenvalue weighted by molar-refractivity contribution is -0.131. The van der Waals surface area contributed by atoms with Crippen molar-refractivity contribution in [3.63, 3.8) is 0 Å². The van der Waals surface area contributed by atoms with Gasteiger partial charge < -0.3 is 0 Å². The number of imide groups is 1. The van der Waals surface area contributed by atoms with Gasteiger partial charge in [0.1, 0.15) is 0 Å². The Morgan fingerprint density at radius 1 is 1.43 bits per heavy atom. The van der Waals surface area contributed by atoms with Gasteiger partial charge in [-0.3, -0.25) is 14.9 Å². The van der Waals surface area contributed by atoms with Crippen molar-refractivity contribution in [3.8, 4) is 0 Å². The van der Waals surface area contributed by atoms with Crippen molar-refractivity contribution in [1.29, 1.82) is 0 Å². The first kappa shape index (κ1) is 11.6. The van der Waals surface area contributed by atoms with E-state index in [2.05, 4.69) is 12.2 Å². The molecule has 1 rings (SSSR count). The molecule has 1 saturated heterocycles. The first-order valence-electron chi connectivity index (χ1n) is 5.13. The van der Waals surface area contributed by atoms with Crippen LogP contribution in [0.5, 0.6) is 0 Å². The molecule has 2 amide bonds. The average Bonchev–Trinajstić information content (AvgIpc) is 2.18. The van der Waals surface area contributed by atoms with E-state index in [0.29, 0.717) is 5.75 Å². The van der Waals surface area contributed by atoms with Gasteiger partial charge in [0.2, 0.25) is 11.8 Å². The van der Waals surface area contributed by atoms with Crippen LogP contribution >= 0.6 is 11.8 Å². The molecular formula is C10H17NO2S. The van der Waals surface area contributed by atoms with Crippen molar-refractivity contribution < 1.29 is 9.59 Å². The quantitative estimate of drug-likeness (QED) is 0.726. The standard InChI is InChI=1S/C10H17NO2S/c1-3-5-6-10(4-2)9(13)11-8(12)7-14-10/h3-7H2,1-2H3,(H,11,12,13). The number of rotatable bonds is 4. The Balaban J connectivity index is 2.67. The molecule has 0 saturated carbocycles. The summed E-state index contributed by atoms with van der Waals surface area (Å²) in [5.74, 6) is 0.179. The maximum atomic E-state index is 11.7. The van der Waals surface area contributed by atoms with Crippen LogP contribution in [0.15, 0.2) is 0 Å². The van der Waals surface area contributed by atoms with Gasteiger partial charge in [-0.15, -0.1) is 11.8 Å². The van der Waals surface area contributed by atoms with Crippen molar-refractivity contribution in [2.24, 2.45) is 0 Å². The summed E-state index contributed by atoms with van der Waals surface area (Å²) in [7, 11) is 0. The molecule has 1 atom stereocenters. The number of nitrogens with one attached hydrogen (secondary N) is 1. The highest BCUT2D eigenvalue weighted by atomic mass is 32.2. The Bertz CT molecular complexity index is 242. The fourth-order valence-electron chi connectivity index (χ4n) is 1.63. The second-order valence-electron chi connectivity index (χ2n) is 3.62. The summed E-state index contributed by atoms with van der Waals surface area (Å²) in [6.07, 6.45) is 3.81. The van der Waals surface area contributed by atoms with E-state index in [1.165, 1.54) is 11.8 Å². The Kier molecular flexibility index (Phi) is 3.98. The van der Waals surface area contributed by atoms with E-state index in [1.807, 2.05) is 6.92 Å². The molecule has 0 spiro atoms. The van der Waals surface area contributed by atoms with Crippen molar-refractivity contribution in [2.45, 2.75) is 44.3 Å². The number of carbonyl (C=O) groups excluding carboxylic acids is 2. The largest absolute Gasteiger partial charge is 0.295 e. The van der Waals surface area contributed by atoms with Crippen molar-refractivity contribution in [2.75, 3.05) is 5.75 Å². The third-order valence-electron chi connectivity index (χ3n) is 2.65. The van der Waals surface area contributed by atoms with E-state index in [1.54, 1.807) is 0 Å². The summed E-state index contributed by atoms with van der Waals surface area (Å²) < 4.78 is -0.343. The summed E-state index contributed by atoms with van der Waals surface area (Å²) in [6, 6.07) is 0. The second-order valence-corrected chi connectivity index (χ2v) is 4.98. The number of hydrogen-bond donors (Lipinski definition) is 1. The van der Waals surface area contributed by atoms with Gasteiger partial charge in [0.25, 0.3) is 0 Å². The lowest BCUT2D eigenvalue weighted by Gasteiger charge is -2.33. The molecule has 0 aliphatic carbocycles. The van der Waals surface area contributed by atoms with Crippen molar-refractivity contribution >= 4 is 23.6 Å². The van der Waals surface area contributed by atoms with Crippen LogP contribution in [0.4, 0.5) is 0 Å². The summed E-state index contributed by atoms with van der Waals surface area (Å²) in [5.41, 5.74) is 0. The number of amides is 2. The SMILES string of the molecule is CCCCC1(CC)SCC(=O)NC1=O. The first-order valence-corrected chi connectivity index (χ1v) is 6.11. The smallest absolute Gasteiger partial charge is 0.242 e. The zero-order chi connectivity index (χ0) is 10.6. The fraction of sp³-hybridized carbons (Fsp3) is 0.800. The molecule has 0 aromatic carbocycles. The predicted molar refractivity (Wildman–Crippen MR) is 58.2 cm³/mol. The molecule has 0 aromatic rings. The molecule has 1 aliphatic heterocycles. The summed E-state index contributed by atoms with van der Waals surface area (Å²) in [6.45, 7) is 4.12. The van der Waals surface area contributed by atoms with Crippen LogP contribution in [0.1, 0.15) is 39.5 Å². The summed E-state index contributed by atoms with van der Waals surface area (Å²) in [5, 5.41) is 2.43. The second kappa shape index (κ2) is 4.82. The van der Waals surface area contributed by atoms with Crippen LogP contribution in [0, 0.1) is 0 Å². The molecule has 1 fully saturated rings. The Morgan fingerprint density at radius 2 is 2.14 bits per heavy atom. The monoisotopic (exact) mass is 215 g/mol.